The van der Waals surface area contributed by atoms with Crippen LogP contribution in [0.2, 0.25) is 0 Å². The van der Waals surface area contributed by atoms with Crippen LogP contribution in [0.3, 0.4) is 0 Å². The van der Waals surface area contributed by atoms with E-state index in [9.17, 15) is 4.79 Å². The Balaban J connectivity index is 1.71. The predicted octanol–water partition coefficient (Wildman–Crippen LogP) is 0.281. The van der Waals surface area contributed by atoms with Gasteiger partial charge < -0.3 is 15.4 Å². The molecule has 1 atom stereocenters. The number of morpholine rings is 1. The average Bonchev–Trinajstić information content (AvgIpc) is 2.24. The van der Waals surface area contributed by atoms with Gasteiger partial charge in [-0.05, 0) is 18.3 Å². The number of carbonyl (C=O) groups is 1. The van der Waals surface area contributed by atoms with Crippen molar-refractivity contribution in [3.8, 4) is 0 Å². The molecular formula is C11H20N2O2. The molecule has 0 radical (unpaired) electrons. The van der Waals surface area contributed by atoms with Crippen LogP contribution in [0, 0.1) is 5.41 Å². The van der Waals surface area contributed by atoms with Gasteiger partial charge in [0.05, 0.1) is 6.61 Å². The van der Waals surface area contributed by atoms with Gasteiger partial charge >= 0.3 is 0 Å². The zero-order valence-corrected chi connectivity index (χ0v) is 9.34. The number of ether oxygens (including phenoxy) is 1. The molecule has 15 heavy (non-hydrogen) atoms. The first-order valence-electron chi connectivity index (χ1n) is 5.80. The summed E-state index contributed by atoms with van der Waals surface area (Å²) in [5, 5.41) is 6.15. The minimum absolute atomic E-state index is 0.0373. The molecule has 2 fully saturated rings. The maximum Gasteiger partial charge on any atom is 0.250 e. The van der Waals surface area contributed by atoms with Crippen molar-refractivity contribution in [3.05, 3.63) is 0 Å². The third kappa shape index (κ3) is 2.69. The molecule has 1 saturated heterocycles. The van der Waals surface area contributed by atoms with Crippen molar-refractivity contribution in [2.75, 3.05) is 26.2 Å². The zero-order chi connectivity index (χ0) is 10.7. The van der Waals surface area contributed by atoms with E-state index in [0.29, 0.717) is 18.6 Å². The molecular weight excluding hydrogens is 192 g/mol. The minimum atomic E-state index is -0.289. The molecule has 1 saturated carbocycles. The van der Waals surface area contributed by atoms with E-state index in [2.05, 4.69) is 17.6 Å². The van der Waals surface area contributed by atoms with Gasteiger partial charge in [-0.25, -0.2) is 0 Å². The molecule has 0 aromatic carbocycles. The molecule has 2 rings (SSSR count). The second-order valence-corrected chi connectivity index (χ2v) is 4.95. The van der Waals surface area contributed by atoms with E-state index in [-0.39, 0.29) is 12.0 Å². The number of rotatable bonds is 3. The monoisotopic (exact) mass is 212 g/mol. The van der Waals surface area contributed by atoms with Gasteiger partial charge in [0, 0.05) is 19.6 Å². The van der Waals surface area contributed by atoms with Crippen LogP contribution in [-0.2, 0) is 9.53 Å². The smallest absolute Gasteiger partial charge is 0.250 e. The first-order chi connectivity index (χ1) is 7.20. The first kappa shape index (κ1) is 10.9. The summed E-state index contributed by atoms with van der Waals surface area (Å²) in [5.41, 5.74) is 0.345. The normalized spacial score (nSPS) is 29.3. The topological polar surface area (TPSA) is 50.4 Å². The van der Waals surface area contributed by atoms with Crippen LogP contribution in [0.4, 0.5) is 0 Å². The Kier molecular flexibility index (Phi) is 3.26. The Morgan fingerprint density at radius 3 is 2.93 bits per heavy atom. The molecule has 2 aliphatic rings. The molecule has 4 nitrogen and oxygen atoms in total. The van der Waals surface area contributed by atoms with Crippen LogP contribution in [-0.4, -0.2) is 38.3 Å². The van der Waals surface area contributed by atoms with Crippen molar-refractivity contribution >= 4 is 5.91 Å². The van der Waals surface area contributed by atoms with Gasteiger partial charge in [-0.3, -0.25) is 4.79 Å². The number of carbonyl (C=O) groups excluding carboxylic acids is 1. The van der Waals surface area contributed by atoms with Crippen LogP contribution in [0.5, 0.6) is 0 Å². The minimum Gasteiger partial charge on any atom is -0.366 e. The van der Waals surface area contributed by atoms with E-state index >= 15 is 0 Å². The van der Waals surface area contributed by atoms with E-state index in [4.69, 9.17) is 4.74 Å². The second-order valence-electron chi connectivity index (χ2n) is 4.95. The van der Waals surface area contributed by atoms with Crippen molar-refractivity contribution in [1.29, 1.82) is 0 Å². The van der Waals surface area contributed by atoms with Crippen molar-refractivity contribution in [1.82, 2.24) is 10.6 Å². The molecule has 1 amide bonds. The third-order valence-corrected chi connectivity index (χ3v) is 3.47. The number of nitrogens with one attached hydrogen (secondary N) is 2. The lowest BCUT2D eigenvalue weighted by Crippen LogP contribution is -2.50. The van der Waals surface area contributed by atoms with Gasteiger partial charge in [0.2, 0.25) is 5.91 Å². The second kappa shape index (κ2) is 4.49. The lowest BCUT2D eigenvalue weighted by atomic mass is 9.70. The van der Waals surface area contributed by atoms with Gasteiger partial charge in [-0.1, -0.05) is 13.3 Å². The van der Waals surface area contributed by atoms with E-state index in [1.807, 2.05) is 0 Å². The number of hydrogen-bond acceptors (Lipinski definition) is 3. The molecule has 2 N–H and O–H groups in total. The fraction of sp³-hybridized carbons (Fsp3) is 0.909. The highest BCUT2D eigenvalue weighted by atomic mass is 16.5. The SMILES string of the molecule is CC1(CNC(=O)[C@@H]2CNCCO2)CCC1. The van der Waals surface area contributed by atoms with Crippen LogP contribution in [0.15, 0.2) is 0 Å². The average molecular weight is 212 g/mol. The van der Waals surface area contributed by atoms with E-state index in [1.165, 1.54) is 19.3 Å². The molecule has 4 heteroatoms. The standard InChI is InChI=1S/C11H20N2O2/c1-11(3-2-4-11)8-13-10(14)9-7-12-5-6-15-9/h9,12H,2-8H2,1H3,(H,13,14)/t9-/m0/s1. The van der Waals surface area contributed by atoms with Gasteiger partial charge in [-0.15, -0.1) is 0 Å². The lowest BCUT2D eigenvalue weighted by molar-refractivity contribution is -0.135. The molecule has 0 aromatic rings. The Hall–Kier alpha value is -0.610. The molecule has 1 aliphatic carbocycles. The highest BCUT2D eigenvalue weighted by molar-refractivity contribution is 5.81. The Labute approximate surface area is 90.8 Å². The van der Waals surface area contributed by atoms with Gasteiger partial charge in [-0.2, -0.15) is 0 Å². The highest BCUT2D eigenvalue weighted by Gasteiger charge is 2.33. The van der Waals surface area contributed by atoms with Gasteiger partial charge in [0.1, 0.15) is 6.10 Å². The fourth-order valence-electron chi connectivity index (χ4n) is 2.11. The quantitative estimate of drug-likeness (QED) is 0.706. The Bertz CT molecular complexity index is 233. The molecule has 0 unspecified atom stereocenters. The van der Waals surface area contributed by atoms with Crippen LogP contribution in [0.25, 0.3) is 0 Å². The first-order valence-corrected chi connectivity index (χ1v) is 5.80. The summed E-state index contributed by atoms with van der Waals surface area (Å²) in [5.74, 6) is 0.0373. The molecule has 0 spiro atoms. The zero-order valence-electron chi connectivity index (χ0n) is 9.34. The molecule has 0 bridgehead atoms. The molecule has 1 aliphatic heterocycles. The highest BCUT2D eigenvalue weighted by Crippen LogP contribution is 2.39. The van der Waals surface area contributed by atoms with E-state index in [1.54, 1.807) is 0 Å². The van der Waals surface area contributed by atoms with E-state index in [0.717, 1.165) is 13.1 Å². The summed E-state index contributed by atoms with van der Waals surface area (Å²) >= 11 is 0. The van der Waals surface area contributed by atoms with E-state index < -0.39 is 0 Å². The van der Waals surface area contributed by atoms with Gasteiger partial charge in [0.15, 0.2) is 0 Å². The van der Waals surface area contributed by atoms with Crippen molar-refractivity contribution in [2.24, 2.45) is 5.41 Å². The van der Waals surface area contributed by atoms with Crippen molar-refractivity contribution < 1.29 is 9.53 Å². The number of amides is 1. The maximum absolute atomic E-state index is 11.7. The third-order valence-electron chi connectivity index (χ3n) is 3.47. The van der Waals surface area contributed by atoms with Gasteiger partial charge in [0.25, 0.3) is 0 Å². The Morgan fingerprint density at radius 2 is 2.40 bits per heavy atom. The summed E-state index contributed by atoms with van der Waals surface area (Å²) in [7, 11) is 0. The molecule has 1 heterocycles. The van der Waals surface area contributed by atoms with Crippen LogP contribution < -0.4 is 10.6 Å². The fourth-order valence-corrected chi connectivity index (χ4v) is 2.11. The van der Waals surface area contributed by atoms with Crippen LogP contribution in [0.1, 0.15) is 26.2 Å². The number of hydrogen-bond donors (Lipinski definition) is 2. The lowest BCUT2D eigenvalue weighted by Gasteiger charge is -2.38. The summed E-state index contributed by atoms with van der Waals surface area (Å²) in [6, 6.07) is 0. The largest absolute Gasteiger partial charge is 0.366 e. The van der Waals surface area contributed by atoms with Crippen LogP contribution >= 0.6 is 0 Å². The summed E-state index contributed by atoms with van der Waals surface area (Å²) in [4.78, 5) is 11.7. The van der Waals surface area contributed by atoms with Crippen molar-refractivity contribution in [3.63, 3.8) is 0 Å². The predicted molar refractivity (Wildman–Crippen MR) is 57.6 cm³/mol. The summed E-state index contributed by atoms with van der Waals surface area (Å²) < 4.78 is 5.38. The summed E-state index contributed by atoms with van der Waals surface area (Å²) in [6.45, 7) is 5.15. The van der Waals surface area contributed by atoms with Crippen molar-refractivity contribution in [2.45, 2.75) is 32.3 Å². The summed E-state index contributed by atoms with van der Waals surface area (Å²) in [6.07, 6.45) is 3.48. The Morgan fingerprint density at radius 1 is 1.60 bits per heavy atom. The molecule has 86 valence electrons. The molecule has 0 aromatic heterocycles. The maximum atomic E-state index is 11.7.